The average molecular weight is 378 g/mol. The lowest BCUT2D eigenvalue weighted by molar-refractivity contribution is -0.444. The first kappa shape index (κ1) is 20.2. The van der Waals surface area contributed by atoms with E-state index >= 15 is 0 Å². The molecule has 0 spiro atoms. The summed E-state index contributed by atoms with van der Waals surface area (Å²) in [7, 11) is -14.7. The lowest BCUT2D eigenvalue weighted by atomic mass is 10.3. The van der Waals surface area contributed by atoms with Crippen molar-refractivity contribution in [3.63, 3.8) is 0 Å². The summed E-state index contributed by atoms with van der Waals surface area (Å²) in [6.07, 6.45) is -6.75. The van der Waals surface area contributed by atoms with E-state index in [1.165, 1.54) is 0 Å². The predicted molar refractivity (Wildman–Crippen MR) is 44.0 cm³/mol. The molecule has 0 aliphatic rings. The second-order valence-corrected chi connectivity index (χ2v) is 6.05. The fourth-order valence-corrected chi connectivity index (χ4v) is 1.85. The molecule has 21 heavy (non-hydrogen) atoms. The van der Waals surface area contributed by atoms with E-state index in [1.54, 1.807) is 4.74 Å². The Balaban J connectivity index is 6.60. The minimum Gasteiger partial charge on any atom is -0.281 e. The van der Waals surface area contributed by atoms with Crippen LogP contribution in [0, 0.1) is 0 Å². The largest absolute Gasteiger partial charge is 0.525 e. The monoisotopic (exact) mass is 378 g/mol. The van der Waals surface area contributed by atoms with Gasteiger partial charge in [-0.1, -0.05) is 0 Å². The fraction of sp³-hybridized carbons (Fsp3) is 1.00. The molecule has 0 heterocycles. The highest BCUT2D eigenvalue weighted by Gasteiger charge is 2.84. The van der Waals surface area contributed by atoms with Gasteiger partial charge in [0.25, 0.3) is 0 Å². The normalized spacial score (nSPS) is 16.1. The topological polar surface area (TPSA) is 118 Å². The maximum atomic E-state index is 13.3. The lowest BCUT2D eigenvalue weighted by Crippen LogP contribution is -2.66. The molecule has 0 bridgehead atoms. The molecule has 7 nitrogen and oxygen atoms in total. The summed E-state index contributed by atoms with van der Waals surface area (Å²) in [4.78, 5) is 0. The van der Waals surface area contributed by atoms with E-state index in [-0.39, 0.29) is 0 Å². The Morgan fingerprint density at radius 3 is 1.05 bits per heavy atom. The highest BCUT2D eigenvalue weighted by Crippen LogP contribution is 2.52. The number of hydrogen-bond donors (Lipinski definition) is 2. The third kappa shape index (κ3) is 3.35. The van der Waals surface area contributed by atoms with Crippen molar-refractivity contribution in [3.05, 3.63) is 0 Å². The number of alkyl halides is 8. The van der Waals surface area contributed by atoms with Crippen LogP contribution >= 0.6 is 0 Å². The lowest BCUT2D eigenvalue weighted by Gasteiger charge is -2.34. The molecule has 0 saturated carbocycles. The van der Waals surface area contributed by atoms with Crippen molar-refractivity contribution < 1.29 is 65.8 Å². The van der Waals surface area contributed by atoms with Crippen molar-refractivity contribution in [1.29, 1.82) is 0 Å². The molecule has 2 N–H and O–H groups in total. The highest BCUT2D eigenvalue weighted by atomic mass is 32.2. The Morgan fingerprint density at radius 2 is 0.905 bits per heavy atom. The molecule has 0 amide bonds. The molecule has 0 aromatic heterocycles. The van der Waals surface area contributed by atoms with Crippen LogP contribution in [0.3, 0.4) is 0 Å². The highest BCUT2D eigenvalue weighted by molar-refractivity contribution is 7.88. The maximum absolute atomic E-state index is 13.3. The molecule has 0 unspecified atom stereocenters. The molecule has 0 rings (SSSR count). The van der Waals surface area contributed by atoms with Crippen LogP contribution in [0.5, 0.6) is 0 Å². The molecule has 0 aliphatic carbocycles. The summed E-state index contributed by atoms with van der Waals surface area (Å²) in [6.45, 7) is 0. The van der Waals surface area contributed by atoms with Gasteiger partial charge >= 0.3 is 43.0 Å². The van der Waals surface area contributed by atoms with Gasteiger partial charge in [-0.15, -0.1) is 13.2 Å². The van der Waals surface area contributed by atoms with Gasteiger partial charge in [-0.3, -0.25) is 9.11 Å². The van der Waals surface area contributed by atoms with E-state index in [2.05, 4.69) is 0 Å². The van der Waals surface area contributed by atoms with E-state index in [0.29, 0.717) is 0 Å². The Kier molecular flexibility index (Phi) is 4.68. The summed E-state index contributed by atoms with van der Waals surface area (Å²) in [5.74, 6) is -7.22. The summed E-state index contributed by atoms with van der Waals surface area (Å²) < 4.78 is 157. The summed E-state index contributed by atoms with van der Waals surface area (Å²) in [5, 5.41) is -14.3. The number of ether oxygens (including phenoxy) is 1. The van der Waals surface area contributed by atoms with Crippen LogP contribution in [-0.4, -0.2) is 48.7 Å². The summed E-state index contributed by atoms with van der Waals surface area (Å²) in [5.41, 5.74) is 0. The van der Waals surface area contributed by atoms with Crippen molar-refractivity contribution >= 4 is 20.2 Å². The molecule has 17 heteroatoms. The minimum atomic E-state index is -7.36. The first-order chi connectivity index (χ1) is 8.71. The molecular formula is C4H2F8O7S2. The van der Waals surface area contributed by atoms with E-state index in [9.17, 15) is 52.0 Å². The summed E-state index contributed by atoms with van der Waals surface area (Å²) in [6, 6.07) is 0. The van der Waals surface area contributed by atoms with Crippen molar-refractivity contribution in [1.82, 2.24) is 0 Å². The van der Waals surface area contributed by atoms with Crippen LogP contribution in [-0.2, 0) is 25.0 Å². The third-order valence-corrected chi connectivity index (χ3v) is 3.47. The van der Waals surface area contributed by atoms with Gasteiger partial charge in [-0.2, -0.15) is 38.8 Å². The SMILES string of the molecule is O=S(=O)(O)C(F)(F)C(F)(OC(F)(F)F)C(F)(F)S(=O)(=O)O. The van der Waals surface area contributed by atoms with Crippen molar-refractivity contribution in [2.75, 3.05) is 0 Å². The second-order valence-electron chi connectivity index (χ2n) is 3.13. The van der Waals surface area contributed by atoms with E-state index in [4.69, 9.17) is 9.11 Å². The zero-order valence-electron chi connectivity index (χ0n) is 8.78. The van der Waals surface area contributed by atoms with Gasteiger partial charge in [-0.05, 0) is 0 Å². The van der Waals surface area contributed by atoms with E-state index in [0.717, 1.165) is 0 Å². The molecule has 0 aromatic carbocycles. The fourth-order valence-electron chi connectivity index (χ4n) is 0.779. The number of halogens is 8. The van der Waals surface area contributed by atoms with Gasteiger partial charge in [0.15, 0.2) is 0 Å². The van der Waals surface area contributed by atoms with Crippen LogP contribution in [0.25, 0.3) is 0 Å². The molecule has 0 aromatic rings. The van der Waals surface area contributed by atoms with E-state index in [1.807, 2.05) is 0 Å². The minimum absolute atomic E-state index is 1.56. The van der Waals surface area contributed by atoms with Crippen LogP contribution in [0.2, 0.25) is 0 Å². The van der Waals surface area contributed by atoms with Crippen molar-refractivity contribution in [2.24, 2.45) is 0 Å². The maximum Gasteiger partial charge on any atom is 0.525 e. The molecule has 0 aliphatic heterocycles. The van der Waals surface area contributed by atoms with Gasteiger partial charge in [0.1, 0.15) is 0 Å². The average Bonchev–Trinajstić information content (AvgIpc) is 2.10. The molecule has 0 atom stereocenters. The van der Waals surface area contributed by atoms with E-state index < -0.39 is 43.0 Å². The van der Waals surface area contributed by atoms with Gasteiger partial charge in [-0.25, -0.2) is 4.74 Å². The van der Waals surface area contributed by atoms with Crippen molar-refractivity contribution in [2.45, 2.75) is 22.7 Å². The van der Waals surface area contributed by atoms with Crippen LogP contribution in [0.1, 0.15) is 0 Å². The zero-order valence-corrected chi connectivity index (χ0v) is 10.4. The van der Waals surface area contributed by atoms with Gasteiger partial charge in [0.05, 0.1) is 0 Å². The third-order valence-electron chi connectivity index (χ3n) is 1.65. The number of rotatable bonds is 5. The second kappa shape index (κ2) is 4.86. The first-order valence-electron chi connectivity index (χ1n) is 3.86. The Labute approximate surface area is 110 Å². The molecule has 0 saturated heterocycles. The van der Waals surface area contributed by atoms with Gasteiger partial charge in [0.2, 0.25) is 0 Å². The molecule has 128 valence electrons. The van der Waals surface area contributed by atoms with Crippen LogP contribution in [0.4, 0.5) is 35.1 Å². The Bertz CT molecular complexity index is 559. The Morgan fingerprint density at radius 1 is 0.667 bits per heavy atom. The smallest absolute Gasteiger partial charge is 0.281 e. The zero-order chi connectivity index (χ0) is 17.7. The molecule has 0 fully saturated rings. The van der Waals surface area contributed by atoms with Gasteiger partial charge in [0, 0.05) is 0 Å². The molecular weight excluding hydrogens is 376 g/mol. The van der Waals surface area contributed by atoms with Gasteiger partial charge < -0.3 is 0 Å². The van der Waals surface area contributed by atoms with Crippen LogP contribution < -0.4 is 0 Å². The van der Waals surface area contributed by atoms with Crippen LogP contribution in [0.15, 0.2) is 0 Å². The standard InChI is InChI=1S/C4H2F8O7S2/c5-1(19-4(10,11)12,2(6,7)20(13,14)15)3(8,9)21(16,17)18/h(H,13,14,15)(H,16,17,18). The first-order valence-corrected chi connectivity index (χ1v) is 6.74. The number of hydrogen-bond acceptors (Lipinski definition) is 5. The predicted octanol–water partition coefficient (Wildman–Crippen LogP) is 1.15. The van der Waals surface area contributed by atoms with Crippen molar-refractivity contribution in [3.8, 4) is 0 Å². The Hall–Kier alpha value is -0.780. The quantitative estimate of drug-likeness (QED) is 0.544. The molecule has 0 radical (unpaired) electrons. The summed E-state index contributed by atoms with van der Waals surface area (Å²) >= 11 is 0.